The standard InChI is InChI=1S/C16H16N4O/c1-10-9-14(18-13-7-5-4-6-8-13)19-16(17-10)15-11(2)20-21-12(15)3/h4-9H,1-3H3,(H,17,18,19). The first kappa shape index (κ1) is 13.3. The lowest BCUT2D eigenvalue weighted by atomic mass is 10.2. The van der Waals surface area contributed by atoms with Crippen LogP contribution in [0.25, 0.3) is 11.4 Å². The van der Waals surface area contributed by atoms with E-state index in [1.807, 2.05) is 57.2 Å². The molecule has 1 N–H and O–H groups in total. The van der Waals surface area contributed by atoms with Crippen LogP contribution >= 0.6 is 0 Å². The maximum absolute atomic E-state index is 5.20. The summed E-state index contributed by atoms with van der Waals surface area (Å²) in [5.41, 5.74) is 3.53. The van der Waals surface area contributed by atoms with Gasteiger partial charge in [-0.15, -0.1) is 0 Å². The highest BCUT2D eigenvalue weighted by Crippen LogP contribution is 2.25. The van der Waals surface area contributed by atoms with Gasteiger partial charge >= 0.3 is 0 Å². The molecule has 2 aromatic heterocycles. The number of anilines is 2. The molecule has 0 radical (unpaired) electrons. The number of hydrogen-bond donors (Lipinski definition) is 1. The first-order chi connectivity index (χ1) is 10.1. The molecule has 0 aliphatic carbocycles. The van der Waals surface area contributed by atoms with E-state index in [4.69, 9.17) is 4.52 Å². The van der Waals surface area contributed by atoms with Gasteiger partial charge in [0.1, 0.15) is 11.6 Å². The molecule has 1 aromatic carbocycles. The lowest BCUT2D eigenvalue weighted by Gasteiger charge is -2.08. The Kier molecular flexibility index (Phi) is 3.39. The molecule has 0 atom stereocenters. The molecular weight excluding hydrogens is 264 g/mol. The van der Waals surface area contributed by atoms with Crippen LogP contribution in [-0.4, -0.2) is 15.1 Å². The van der Waals surface area contributed by atoms with Gasteiger partial charge in [-0.05, 0) is 32.9 Å². The molecule has 0 bridgehead atoms. The van der Waals surface area contributed by atoms with Gasteiger partial charge in [-0.1, -0.05) is 23.4 Å². The highest BCUT2D eigenvalue weighted by molar-refractivity contribution is 5.64. The molecule has 3 aromatic rings. The van der Waals surface area contributed by atoms with E-state index >= 15 is 0 Å². The molecular formula is C16H16N4O. The Bertz CT molecular complexity index is 746. The van der Waals surface area contributed by atoms with Gasteiger partial charge in [0, 0.05) is 17.4 Å². The fourth-order valence-electron chi connectivity index (χ4n) is 2.22. The first-order valence-corrected chi connectivity index (χ1v) is 6.74. The number of nitrogens with one attached hydrogen (secondary N) is 1. The van der Waals surface area contributed by atoms with Gasteiger partial charge in [-0.3, -0.25) is 0 Å². The van der Waals surface area contributed by atoms with E-state index in [2.05, 4.69) is 20.4 Å². The number of aromatic nitrogens is 3. The topological polar surface area (TPSA) is 63.8 Å². The van der Waals surface area contributed by atoms with Crippen LogP contribution in [-0.2, 0) is 0 Å². The second-order valence-corrected chi connectivity index (χ2v) is 4.91. The predicted molar refractivity (Wildman–Crippen MR) is 81.5 cm³/mol. The smallest absolute Gasteiger partial charge is 0.167 e. The largest absolute Gasteiger partial charge is 0.361 e. The summed E-state index contributed by atoms with van der Waals surface area (Å²) in [6.45, 7) is 5.70. The van der Waals surface area contributed by atoms with Crippen LogP contribution in [0.15, 0.2) is 40.9 Å². The molecule has 0 saturated heterocycles. The summed E-state index contributed by atoms with van der Waals surface area (Å²) in [6, 6.07) is 11.8. The van der Waals surface area contributed by atoms with Gasteiger partial charge in [-0.2, -0.15) is 0 Å². The van der Waals surface area contributed by atoms with Crippen LogP contribution in [0.3, 0.4) is 0 Å². The molecule has 0 saturated carbocycles. The summed E-state index contributed by atoms with van der Waals surface area (Å²) in [4.78, 5) is 9.06. The number of nitrogens with zero attached hydrogens (tertiary/aromatic N) is 3. The lowest BCUT2D eigenvalue weighted by molar-refractivity contribution is 0.393. The second kappa shape index (κ2) is 5.36. The normalized spacial score (nSPS) is 10.6. The summed E-state index contributed by atoms with van der Waals surface area (Å²) < 4.78 is 5.20. The SMILES string of the molecule is Cc1cc(Nc2ccccc2)nc(-c2c(C)noc2C)n1. The Morgan fingerprint density at radius 3 is 2.43 bits per heavy atom. The van der Waals surface area contributed by atoms with Crippen LogP contribution in [0.1, 0.15) is 17.1 Å². The van der Waals surface area contributed by atoms with Gasteiger partial charge in [-0.25, -0.2) is 9.97 Å². The molecule has 5 heteroatoms. The maximum Gasteiger partial charge on any atom is 0.167 e. The third kappa shape index (κ3) is 2.76. The van der Waals surface area contributed by atoms with Gasteiger partial charge in [0.25, 0.3) is 0 Å². The minimum absolute atomic E-state index is 0.629. The first-order valence-electron chi connectivity index (χ1n) is 6.74. The van der Waals surface area contributed by atoms with E-state index in [0.29, 0.717) is 5.82 Å². The zero-order valence-corrected chi connectivity index (χ0v) is 12.2. The third-order valence-electron chi connectivity index (χ3n) is 3.16. The average molecular weight is 280 g/mol. The predicted octanol–water partition coefficient (Wildman–Crippen LogP) is 3.80. The minimum Gasteiger partial charge on any atom is -0.361 e. The minimum atomic E-state index is 0.629. The second-order valence-electron chi connectivity index (χ2n) is 4.91. The average Bonchev–Trinajstić information content (AvgIpc) is 2.78. The molecule has 0 fully saturated rings. The summed E-state index contributed by atoms with van der Waals surface area (Å²) in [5.74, 6) is 2.11. The highest BCUT2D eigenvalue weighted by atomic mass is 16.5. The summed E-state index contributed by atoms with van der Waals surface area (Å²) in [5, 5.41) is 7.24. The van der Waals surface area contributed by atoms with E-state index < -0.39 is 0 Å². The van der Waals surface area contributed by atoms with Crippen molar-refractivity contribution in [3.05, 3.63) is 53.5 Å². The van der Waals surface area contributed by atoms with E-state index in [1.54, 1.807) is 0 Å². The zero-order chi connectivity index (χ0) is 14.8. The van der Waals surface area contributed by atoms with Crippen LogP contribution in [0.2, 0.25) is 0 Å². The fourth-order valence-corrected chi connectivity index (χ4v) is 2.22. The Hall–Kier alpha value is -2.69. The third-order valence-corrected chi connectivity index (χ3v) is 3.16. The Morgan fingerprint density at radius 1 is 1.00 bits per heavy atom. The van der Waals surface area contributed by atoms with Crippen molar-refractivity contribution in [2.75, 3.05) is 5.32 Å². The van der Waals surface area contributed by atoms with Crippen molar-refractivity contribution in [3.8, 4) is 11.4 Å². The molecule has 0 unspecified atom stereocenters. The van der Waals surface area contributed by atoms with E-state index in [-0.39, 0.29) is 0 Å². The van der Waals surface area contributed by atoms with Crippen LogP contribution in [0, 0.1) is 20.8 Å². The van der Waals surface area contributed by atoms with Crippen LogP contribution in [0.4, 0.5) is 11.5 Å². The Balaban J connectivity index is 2.01. The van der Waals surface area contributed by atoms with Gasteiger partial charge in [0.15, 0.2) is 5.82 Å². The Morgan fingerprint density at radius 2 is 1.76 bits per heavy atom. The van der Waals surface area contributed by atoms with Crippen molar-refractivity contribution in [1.82, 2.24) is 15.1 Å². The molecule has 0 amide bonds. The molecule has 0 aliphatic rings. The molecule has 2 heterocycles. The number of aryl methyl sites for hydroxylation is 3. The molecule has 21 heavy (non-hydrogen) atoms. The fraction of sp³-hybridized carbons (Fsp3) is 0.188. The molecule has 0 spiro atoms. The quantitative estimate of drug-likeness (QED) is 0.790. The van der Waals surface area contributed by atoms with Crippen molar-refractivity contribution >= 4 is 11.5 Å². The number of rotatable bonds is 3. The van der Waals surface area contributed by atoms with Crippen LogP contribution in [0.5, 0.6) is 0 Å². The molecule has 5 nitrogen and oxygen atoms in total. The van der Waals surface area contributed by atoms with E-state index in [9.17, 15) is 0 Å². The van der Waals surface area contributed by atoms with Crippen molar-refractivity contribution in [1.29, 1.82) is 0 Å². The van der Waals surface area contributed by atoms with Crippen molar-refractivity contribution < 1.29 is 4.52 Å². The van der Waals surface area contributed by atoms with Gasteiger partial charge in [0.2, 0.25) is 0 Å². The summed E-state index contributed by atoms with van der Waals surface area (Å²) in [6.07, 6.45) is 0. The molecule has 3 rings (SSSR count). The molecule has 0 aliphatic heterocycles. The van der Waals surface area contributed by atoms with Crippen molar-refractivity contribution in [3.63, 3.8) is 0 Å². The van der Waals surface area contributed by atoms with Gasteiger partial charge < -0.3 is 9.84 Å². The lowest BCUT2D eigenvalue weighted by Crippen LogP contribution is -1.99. The summed E-state index contributed by atoms with van der Waals surface area (Å²) >= 11 is 0. The molecule has 106 valence electrons. The van der Waals surface area contributed by atoms with Crippen molar-refractivity contribution in [2.45, 2.75) is 20.8 Å². The number of para-hydroxylation sites is 1. The highest BCUT2D eigenvalue weighted by Gasteiger charge is 2.15. The monoisotopic (exact) mass is 280 g/mol. The van der Waals surface area contributed by atoms with E-state index in [1.165, 1.54) is 0 Å². The Labute approximate surface area is 123 Å². The van der Waals surface area contributed by atoms with Crippen LogP contribution < -0.4 is 5.32 Å². The number of benzene rings is 1. The number of hydrogen-bond acceptors (Lipinski definition) is 5. The van der Waals surface area contributed by atoms with Crippen molar-refractivity contribution in [2.24, 2.45) is 0 Å². The van der Waals surface area contributed by atoms with E-state index in [0.717, 1.165) is 34.2 Å². The zero-order valence-electron chi connectivity index (χ0n) is 12.2. The maximum atomic E-state index is 5.20. The van der Waals surface area contributed by atoms with Gasteiger partial charge in [0.05, 0.1) is 11.3 Å². The summed E-state index contributed by atoms with van der Waals surface area (Å²) in [7, 11) is 0.